The number of hydrogen-bond acceptors (Lipinski definition) is 1. The van der Waals surface area contributed by atoms with Crippen LogP contribution in [0.5, 0.6) is 0 Å². The topological polar surface area (TPSA) is 12.0 Å². The molecule has 80 valence electrons. The molecule has 0 aromatic rings. The Morgan fingerprint density at radius 3 is 2.57 bits per heavy atom. The van der Waals surface area contributed by atoms with Gasteiger partial charge in [-0.25, -0.2) is 0 Å². The summed E-state index contributed by atoms with van der Waals surface area (Å²) in [7, 11) is 0. The summed E-state index contributed by atoms with van der Waals surface area (Å²) < 4.78 is 0. The predicted octanol–water partition coefficient (Wildman–Crippen LogP) is 2.95. The molecule has 2 bridgehead atoms. The summed E-state index contributed by atoms with van der Waals surface area (Å²) in [5.74, 6) is 2.13. The number of hydrogen-bond donors (Lipinski definition) is 1. The van der Waals surface area contributed by atoms with Crippen LogP contribution < -0.4 is 5.32 Å². The largest absolute Gasteiger partial charge is 0.313 e. The molecule has 0 amide bonds. The minimum Gasteiger partial charge on any atom is -0.313 e. The Kier molecular flexibility index (Phi) is 2.12. The fourth-order valence-corrected chi connectivity index (χ4v) is 3.83. The maximum Gasteiger partial charge on any atom is 0.00982 e. The van der Waals surface area contributed by atoms with Crippen molar-refractivity contribution in [2.24, 2.45) is 17.3 Å². The molecule has 3 atom stereocenters. The van der Waals surface area contributed by atoms with Crippen LogP contribution in [0, 0.1) is 17.3 Å². The zero-order valence-corrected chi connectivity index (χ0v) is 9.39. The van der Waals surface area contributed by atoms with Crippen molar-refractivity contribution in [2.45, 2.75) is 57.9 Å². The molecular formula is C13H23N. The van der Waals surface area contributed by atoms with Gasteiger partial charge in [-0.05, 0) is 49.4 Å². The van der Waals surface area contributed by atoms with Crippen LogP contribution in [-0.4, -0.2) is 12.6 Å². The average molecular weight is 193 g/mol. The fraction of sp³-hybridized carbons (Fsp3) is 1.00. The van der Waals surface area contributed by atoms with Crippen LogP contribution in [0.2, 0.25) is 0 Å². The van der Waals surface area contributed by atoms with E-state index in [-0.39, 0.29) is 0 Å². The van der Waals surface area contributed by atoms with Crippen LogP contribution >= 0.6 is 0 Å². The first-order valence-corrected chi connectivity index (χ1v) is 6.49. The molecule has 3 unspecified atom stereocenters. The van der Waals surface area contributed by atoms with Gasteiger partial charge in [0.05, 0.1) is 0 Å². The second-order valence-corrected chi connectivity index (χ2v) is 6.33. The first-order chi connectivity index (χ1) is 6.75. The second-order valence-electron chi connectivity index (χ2n) is 6.33. The average Bonchev–Trinajstić information content (AvgIpc) is 2.72. The van der Waals surface area contributed by atoms with E-state index in [9.17, 15) is 0 Å². The van der Waals surface area contributed by atoms with Gasteiger partial charge in [0.25, 0.3) is 0 Å². The molecule has 0 spiro atoms. The van der Waals surface area contributed by atoms with Gasteiger partial charge in [-0.1, -0.05) is 19.8 Å². The highest BCUT2D eigenvalue weighted by Crippen LogP contribution is 2.45. The van der Waals surface area contributed by atoms with Crippen molar-refractivity contribution in [3.8, 4) is 0 Å². The molecule has 0 aliphatic heterocycles. The fourth-order valence-electron chi connectivity index (χ4n) is 3.83. The molecule has 3 fully saturated rings. The highest BCUT2D eigenvalue weighted by atomic mass is 14.9. The number of nitrogens with one attached hydrogen (secondary N) is 1. The molecule has 3 rings (SSSR count). The van der Waals surface area contributed by atoms with Gasteiger partial charge in [0, 0.05) is 12.6 Å². The van der Waals surface area contributed by atoms with Gasteiger partial charge in [0.1, 0.15) is 0 Å². The molecule has 0 aromatic heterocycles. The molecule has 3 saturated carbocycles. The molecule has 3 aliphatic carbocycles. The van der Waals surface area contributed by atoms with Crippen LogP contribution in [0.1, 0.15) is 51.9 Å². The van der Waals surface area contributed by atoms with Crippen LogP contribution in [0.15, 0.2) is 0 Å². The van der Waals surface area contributed by atoms with Crippen molar-refractivity contribution >= 4 is 0 Å². The lowest BCUT2D eigenvalue weighted by molar-refractivity contribution is 0.144. The molecule has 3 aliphatic rings. The van der Waals surface area contributed by atoms with E-state index in [4.69, 9.17) is 0 Å². The molecule has 1 heteroatoms. The summed E-state index contributed by atoms with van der Waals surface area (Å²) in [5, 5.41) is 3.86. The smallest absolute Gasteiger partial charge is 0.00982 e. The van der Waals surface area contributed by atoms with Gasteiger partial charge in [-0.3, -0.25) is 0 Å². The Bertz CT molecular complexity index is 219. The standard InChI is InChI=1S/C13H23N/c1-13(5-2-6-13)9-14-12-8-10-3-4-11(12)7-10/h10-12,14H,2-9H2,1H3. The van der Waals surface area contributed by atoms with Gasteiger partial charge >= 0.3 is 0 Å². The third-order valence-electron chi connectivity index (χ3n) is 5.09. The highest BCUT2D eigenvalue weighted by molar-refractivity contribution is 4.96. The van der Waals surface area contributed by atoms with Gasteiger partial charge in [0.15, 0.2) is 0 Å². The van der Waals surface area contributed by atoms with E-state index in [0.717, 1.165) is 17.9 Å². The summed E-state index contributed by atoms with van der Waals surface area (Å²) in [4.78, 5) is 0. The van der Waals surface area contributed by atoms with Crippen molar-refractivity contribution in [3.63, 3.8) is 0 Å². The molecule has 1 nitrogen and oxygen atoms in total. The summed E-state index contributed by atoms with van der Waals surface area (Å²) >= 11 is 0. The third kappa shape index (κ3) is 1.50. The molecule has 0 heterocycles. The normalized spacial score (nSPS) is 43.9. The Morgan fingerprint density at radius 1 is 1.21 bits per heavy atom. The second kappa shape index (κ2) is 3.23. The quantitative estimate of drug-likeness (QED) is 0.726. The zero-order valence-electron chi connectivity index (χ0n) is 9.39. The molecular weight excluding hydrogens is 170 g/mol. The summed E-state index contributed by atoms with van der Waals surface area (Å²) in [6.45, 7) is 3.75. The monoisotopic (exact) mass is 193 g/mol. The number of rotatable bonds is 3. The number of fused-ring (bicyclic) bond motifs is 2. The van der Waals surface area contributed by atoms with Crippen LogP contribution in [0.3, 0.4) is 0 Å². The maximum absolute atomic E-state index is 3.86. The zero-order chi connectivity index (χ0) is 9.60. The van der Waals surface area contributed by atoms with E-state index < -0.39 is 0 Å². The highest BCUT2D eigenvalue weighted by Gasteiger charge is 2.40. The van der Waals surface area contributed by atoms with Crippen LogP contribution in [0.25, 0.3) is 0 Å². The van der Waals surface area contributed by atoms with Crippen molar-refractivity contribution in [3.05, 3.63) is 0 Å². The first kappa shape index (κ1) is 9.21. The molecule has 0 saturated heterocycles. The lowest BCUT2D eigenvalue weighted by atomic mass is 9.70. The molecule has 14 heavy (non-hydrogen) atoms. The van der Waals surface area contributed by atoms with E-state index in [1.807, 2.05) is 0 Å². The van der Waals surface area contributed by atoms with Crippen LogP contribution in [-0.2, 0) is 0 Å². The lowest BCUT2D eigenvalue weighted by Gasteiger charge is -2.40. The minimum atomic E-state index is 0.668. The van der Waals surface area contributed by atoms with E-state index in [1.54, 1.807) is 0 Å². The third-order valence-corrected chi connectivity index (χ3v) is 5.09. The van der Waals surface area contributed by atoms with Crippen molar-refractivity contribution in [1.29, 1.82) is 0 Å². The molecule has 0 aromatic carbocycles. The summed E-state index contributed by atoms with van der Waals surface area (Å²) in [6, 6.07) is 0.895. The van der Waals surface area contributed by atoms with Gasteiger partial charge in [0.2, 0.25) is 0 Å². The maximum atomic E-state index is 3.86. The van der Waals surface area contributed by atoms with Gasteiger partial charge < -0.3 is 5.32 Å². The Labute approximate surface area is 87.7 Å². The van der Waals surface area contributed by atoms with E-state index in [1.165, 1.54) is 51.5 Å². The van der Waals surface area contributed by atoms with Crippen LogP contribution in [0.4, 0.5) is 0 Å². The first-order valence-electron chi connectivity index (χ1n) is 6.49. The molecule has 0 radical (unpaired) electrons. The predicted molar refractivity (Wildman–Crippen MR) is 59.2 cm³/mol. The summed E-state index contributed by atoms with van der Waals surface area (Å²) in [6.07, 6.45) is 10.4. The lowest BCUT2D eigenvalue weighted by Crippen LogP contribution is -2.43. The van der Waals surface area contributed by atoms with Gasteiger partial charge in [-0.15, -0.1) is 0 Å². The summed E-state index contributed by atoms with van der Waals surface area (Å²) in [5.41, 5.74) is 0.668. The van der Waals surface area contributed by atoms with E-state index in [0.29, 0.717) is 5.41 Å². The van der Waals surface area contributed by atoms with Crippen molar-refractivity contribution in [2.75, 3.05) is 6.54 Å². The van der Waals surface area contributed by atoms with Crippen molar-refractivity contribution in [1.82, 2.24) is 5.32 Å². The van der Waals surface area contributed by atoms with Gasteiger partial charge in [-0.2, -0.15) is 0 Å². The van der Waals surface area contributed by atoms with E-state index >= 15 is 0 Å². The van der Waals surface area contributed by atoms with Crippen molar-refractivity contribution < 1.29 is 0 Å². The Balaban J connectivity index is 1.49. The SMILES string of the molecule is CC1(CNC2CC3CCC2C3)CCC1. The minimum absolute atomic E-state index is 0.668. The van der Waals surface area contributed by atoms with E-state index in [2.05, 4.69) is 12.2 Å². The molecule has 1 N–H and O–H groups in total. The Morgan fingerprint density at radius 2 is 2.07 bits per heavy atom. The Hall–Kier alpha value is -0.0400.